The van der Waals surface area contributed by atoms with E-state index in [1.807, 2.05) is 6.20 Å². The molecule has 0 spiro atoms. The highest BCUT2D eigenvalue weighted by Crippen LogP contribution is 2.16. The number of methoxy groups -OCH3 is 1. The highest BCUT2D eigenvalue weighted by molar-refractivity contribution is 9.10. The highest BCUT2D eigenvalue weighted by atomic mass is 79.9. The Bertz CT molecular complexity index is 612. The van der Waals surface area contributed by atoms with Gasteiger partial charge in [0.15, 0.2) is 0 Å². The number of anilines is 1. The number of halogens is 1. The average molecular weight is 356 g/mol. The van der Waals surface area contributed by atoms with Crippen molar-refractivity contribution < 1.29 is 4.74 Å². The maximum Gasteiger partial charge on any atom is 0.283 e. The fourth-order valence-electron chi connectivity index (χ4n) is 1.84. The van der Waals surface area contributed by atoms with Crippen LogP contribution in [-0.4, -0.2) is 40.0 Å². The van der Waals surface area contributed by atoms with Gasteiger partial charge in [-0.25, -0.2) is 9.67 Å². The van der Waals surface area contributed by atoms with E-state index in [4.69, 9.17) is 4.74 Å². The lowest BCUT2D eigenvalue weighted by Gasteiger charge is -2.10. The Balaban J connectivity index is 1.88. The van der Waals surface area contributed by atoms with Crippen LogP contribution in [0.2, 0.25) is 0 Å². The third-order valence-electron chi connectivity index (χ3n) is 2.95. The number of rotatable bonds is 8. The molecule has 2 rings (SSSR count). The molecule has 114 valence electrons. The van der Waals surface area contributed by atoms with Gasteiger partial charge in [0.2, 0.25) is 0 Å². The first-order valence-corrected chi connectivity index (χ1v) is 7.48. The van der Waals surface area contributed by atoms with Crippen molar-refractivity contribution in [3.05, 3.63) is 39.2 Å². The number of hydrogen-bond acceptors (Lipinski definition) is 5. The maximum absolute atomic E-state index is 12.1. The molecule has 0 amide bonds. The molecule has 2 aromatic heterocycles. The molecule has 0 atom stereocenters. The number of ether oxygens (including phenoxy) is 1. The molecule has 0 saturated heterocycles. The second kappa shape index (κ2) is 7.94. The summed E-state index contributed by atoms with van der Waals surface area (Å²) < 4.78 is 6.81. The Labute approximate surface area is 130 Å². The van der Waals surface area contributed by atoms with Crippen LogP contribution in [0.3, 0.4) is 0 Å². The number of H-pyrrole nitrogens is 1. The highest BCUT2D eigenvalue weighted by Gasteiger charge is 2.08. The van der Waals surface area contributed by atoms with Crippen LogP contribution in [0, 0.1) is 0 Å². The Hall–Kier alpha value is -1.67. The number of aryl methyl sites for hydroxylation is 1. The van der Waals surface area contributed by atoms with Crippen LogP contribution in [0.1, 0.15) is 12.2 Å². The first-order valence-electron chi connectivity index (χ1n) is 6.69. The predicted octanol–water partition coefficient (Wildman–Crippen LogP) is 1.42. The van der Waals surface area contributed by atoms with Gasteiger partial charge in [-0.2, -0.15) is 5.10 Å². The molecule has 0 fully saturated rings. The molecule has 0 radical (unpaired) electrons. The molecule has 0 bridgehead atoms. The molecule has 2 N–H and O–H groups in total. The van der Waals surface area contributed by atoms with E-state index in [9.17, 15) is 4.79 Å². The van der Waals surface area contributed by atoms with E-state index in [1.165, 1.54) is 4.68 Å². The molecule has 8 heteroatoms. The quantitative estimate of drug-likeness (QED) is 0.699. The van der Waals surface area contributed by atoms with E-state index in [1.54, 1.807) is 19.5 Å². The van der Waals surface area contributed by atoms with Crippen molar-refractivity contribution in [1.82, 2.24) is 19.7 Å². The third-order valence-corrected chi connectivity index (χ3v) is 3.72. The van der Waals surface area contributed by atoms with Crippen LogP contribution in [0.4, 0.5) is 5.69 Å². The summed E-state index contributed by atoms with van der Waals surface area (Å²) in [5.41, 5.74) is 0.538. The summed E-state index contributed by atoms with van der Waals surface area (Å²) in [5.74, 6) is 0.962. The second-order valence-corrected chi connectivity index (χ2v) is 5.25. The molecule has 0 aliphatic rings. The van der Waals surface area contributed by atoms with Gasteiger partial charge in [-0.1, -0.05) is 0 Å². The first kappa shape index (κ1) is 15.7. The van der Waals surface area contributed by atoms with E-state index in [0.717, 1.165) is 25.2 Å². The van der Waals surface area contributed by atoms with Gasteiger partial charge < -0.3 is 15.0 Å². The third kappa shape index (κ3) is 4.40. The molecule has 2 heterocycles. The SMILES string of the molecule is COCCn1ncc(NCCCc2ncc[nH]2)c(Br)c1=O. The molecule has 0 aromatic carbocycles. The lowest BCUT2D eigenvalue weighted by Crippen LogP contribution is -2.26. The minimum absolute atomic E-state index is 0.164. The van der Waals surface area contributed by atoms with Crippen molar-refractivity contribution in [1.29, 1.82) is 0 Å². The molecule has 0 aliphatic carbocycles. The maximum atomic E-state index is 12.1. The Kier molecular flexibility index (Phi) is 5.94. The minimum atomic E-state index is -0.164. The van der Waals surface area contributed by atoms with Crippen molar-refractivity contribution in [2.24, 2.45) is 0 Å². The minimum Gasteiger partial charge on any atom is -0.383 e. The molecule has 0 aliphatic heterocycles. The summed E-state index contributed by atoms with van der Waals surface area (Å²) >= 11 is 3.32. The topological polar surface area (TPSA) is 84.8 Å². The smallest absolute Gasteiger partial charge is 0.283 e. The van der Waals surface area contributed by atoms with Gasteiger partial charge in [0.25, 0.3) is 5.56 Å². The first-order chi connectivity index (χ1) is 10.2. The van der Waals surface area contributed by atoms with Crippen LogP contribution in [0.5, 0.6) is 0 Å². The summed E-state index contributed by atoms with van der Waals surface area (Å²) in [5, 5.41) is 7.32. The van der Waals surface area contributed by atoms with Gasteiger partial charge in [-0.15, -0.1) is 0 Å². The Morgan fingerprint density at radius 2 is 2.38 bits per heavy atom. The number of aromatic nitrogens is 4. The molecular weight excluding hydrogens is 338 g/mol. The monoisotopic (exact) mass is 355 g/mol. The fraction of sp³-hybridized carbons (Fsp3) is 0.462. The second-order valence-electron chi connectivity index (χ2n) is 4.46. The van der Waals surface area contributed by atoms with Crippen LogP contribution < -0.4 is 10.9 Å². The summed E-state index contributed by atoms with van der Waals surface area (Å²) in [6.07, 6.45) is 6.96. The van der Waals surface area contributed by atoms with Crippen LogP contribution >= 0.6 is 15.9 Å². The van der Waals surface area contributed by atoms with E-state index in [2.05, 4.69) is 36.3 Å². The molecule has 7 nitrogen and oxygen atoms in total. The largest absolute Gasteiger partial charge is 0.383 e. The van der Waals surface area contributed by atoms with Gasteiger partial charge in [0.05, 0.1) is 25.0 Å². The lowest BCUT2D eigenvalue weighted by molar-refractivity contribution is 0.181. The Morgan fingerprint density at radius 1 is 1.52 bits per heavy atom. The van der Waals surface area contributed by atoms with Crippen LogP contribution in [0.15, 0.2) is 27.9 Å². The van der Waals surface area contributed by atoms with Crippen molar-refractivity contribution in [2.75, 3.05) is 25.6 Å². The number of imidazole rings is 1. The van der Waals surface area contributed by atoms with Gasteiger partial charge >= 0.3 is 0 Å². The zero-order valence-electron chi connectivity index (χ0n) is 11.8. The van der Waals surface area contributed by atoms with Crippen LogP contribution in [-0.2, 0) is 17.7 Å². The molecule has 0 unspecified atom stereocenters. The van der Waals surface area contributed by atoms with E-state index < -0.39 is 0 Å². The summed E-state index contributed by atoms with van der Waals surface area (Å²) in [6, 6.07) is 0. The summed E-state index contributed by atoms with van der Waals surface area (Å²) in [6.45, 7) is 1.63. The zero-order chi connectivity index (χ0) is 15.1. The Morgan fingerprint density at radius 3 is 3.10 bits per heavy atom. The van der Waals surface area contributed by atoms with Crippen LogP contribution in [0.25, 0.3) is 0 Å². The molecular formula is C13H18BrN5O2. The number of aromatic amines is 1. The normalized spacial score (nSPS) is 10.8. The van der Waals surface area contributed by atoms with Gasteiger partial charge in [0.1, 0.15) is 10.3 Å². The van der Waals surface area contributed by atoms with Gasteiger partial charge in [0, 0.05) is 32.5 Å². The van der Waals surface area contributed by atoms with E-state index in [0.29, 0.717) is 23.3 Å². The van der Waals surface area contributed by atoms with E-state index >= 15 is 0 Å². The standard InChI is InChI=1S/C13H18BrN5O2/c1-21-8-7-19-13(20)12(14)10(9-18-19)15-4-2-3-11-16-5-6-17-11/h5-6,9,15H,2-4,7-8H2,1H3,(H,16,17). The molecule has 21 heavy (non-hydrogen) atoms. The summed E-state index contributed by atoms with van der Waals surface area (Å²) in [7, 11) is 1.59. The summed E-state index contributed by atoms with van der Waals surface area (Å²) in [4.78, 5) is 19.3. The fourth-order valence-corrected chi connectivity index (χ4v) is 2.29. The molecule has 0 saturated carbocycles. The van der Waals surface area contributed by atoms with Crippen molar-refractivity contribution in [3.63, 3.8) is 0 Å². The number of hydrogen-bond donors (Lipinski definition) is 2. The lowest BCUT2D eigenvalue weighted by atomic mass is 10.3. The number of nitrogens with one attached hydrogen (secondary N) is 2. The molecule has 2 aromatic rings. The predicted molar refractivity (Wildman–Crippen MR) is 83.5 cm³/mol. The van der Waals surface area contributed by atoms with Gasteiger partial charge in [-0.05, 0) is 22.4 Å². The zero-order valence-corrected chi connectivity index (χ0v) is 13.4. The van der Waals surface area contributed by atoms with E-state index in [-0.39, 0.29) is 5.56 Å². The van der Waals surface area contributed by atoms with Crippen molar-refractivity contribution >= 4 is 21.6 Å². The van der Waals surface area contributed by atoms with Gasteiger partial charge in [-0.3, -0.25) is 4.79 Å². The number of nitrogens with zero attached hydrogens (tertiary/aromatic N) is 3. The average Bonchev–Trinajstić information content (AvgIpc) is 3.00. The van der Waals surface area contributed by atoms with Crippen molar-refractivity contribution in [3.8, 4) is 0 Å². The van der Waals surface area contributed by atoms with Crippen molar-refractivity contribution in [2.45, 2.75) is 19.4 Å².